The molecule has 116 valence electrons. The van der Waals surface area contributed by atoms with Crippen LogP contribution in [0.4, 0.5) is 5.69 Å². The van der Waals surface area contributed by atoms with Gasteiger partial charge < -0.3 is 19.7 Å². The number of nitrogens with one attached hydrogen (secondary N) is 1. The molecule has 1 aromatic rings. The smallest absolute Gasteiger partial charge is 0.246 e. The molecule has 0 radical (unpaired) electrons. The molecule has 1 amide bonds. The van der Waals surface area contributed by atoms with Crippen LogP contribution in [0.1, 0.15) is 19.8 Å². The van der Waals surface area contributed by atoms with Crippen molar-refractivity contribution in [3.63, 3.8) is 0 Å². The fourth-order valence-electron chi connectivity index (χ4n) is 2.60. The second-order valence-corrected chi connectivity index (χ2v) is 5.19. The normalized spacial score (nSPS) is 18.4. The summed E-state index contributed by atoms with van der Waals surface area (Å²) in [5, 5.41) is 3.05. The molecule has 0 saturated carbocycles. The summed E-state index contributed by atoms with van der Waals surface area (Å²) in [5.74, 6) is 0.823. The van der Waals surface area contributed by atoms with Gasteiger partial charge in [0, 0.05) is 37.5 Å². The minimum absolute atomic E-state index is 0.0330. The number of rotatable bonds is 6. The number of nitrogens with zero attached hydrogens (tertiary/aromatic N) is 1. The van der Waals surface area contributed by atoms with Crippen molar-refractivity contribution in [3.05, 3.63) is 24.3 Å². The van der Waals surface area contributed by atoms with Gasteiger partial charge in [0.25, 0.3) is 0 Å². The van der Waals surface area contributed by atoms with E-state index in [0.717, 1.165) is 37.4 Å². The Morgan fingerprint density at radius 2 is 2.33 bits per heavy atom. The van der Waals surface area contributed by atoms with Gasteiger partial charge in [-0.05, 0) is 31.9 Å². The molecular formula is C16H24N2O3. The second kappa shape index (κ2) is 7.88. The summed E-state index contributed by atoms with van der Waals surface area (Å²) in [7, 11) is 1.67. The highest BCUT2D eigenvalue weighted by molar-refractivity contribution is 5.77. The first-order chi connectivity index (χ1) is 10.2. The van der Waals surface area contributed by atoms with Crippen molar-refractivity contribution in [2.24, 2.45) is 0 Å². The molecule has 2 rings (SSSR count). The standard InChI is InChI=1S/C16H24N2O3/c1-3-21-12-16(19)17-13-6-5-9-18(11-13)14-7-4-8-15(10-14)20-2/h4,7-8,10,13H,3,5-6,9,11-12H2,1-2H3,(H,17,19)/t13-/m1/s1. The zero-order valence-corrected chi connectivity index (χ0v) is 12.8. The average molecular weight is 292 g/mol. The average Bonchev–Trinajstić information content (AvgIpc) is 2.53. The van der Waals surface area contributed by atoms with E-state index in [1.54, 1.807) is 7.11 Å². The lowest BCUT2D eigenvalue weighted by Gasteiger charge is -2.34. The zero-order chi connectivity index (χ0) is 15.1. The minimum atomic E-state index is -0.0330. The van der Waals surface area contributed by atoms with E-state index in [4.69, 9.17) is 9.47 Å². The SMILES string of the molecule is CCOCC(=O)N[C@@H]1CCCN(c2cccc(OC)c2)C1. The first-order valence-corrected chi connectivity index (χ1v) is 7.49. The number of carbonyl (C=O) groups is 1. The van der Waals surface area contributed by atoms with Crippen LogP contribution in [0, 0.1) is 0 Å². The zero-order valence-electron chi connectivity index (χ0n) is 12.8. The van der Waals surface area contributed by atoms with Crippen molar-refractivity contribution in [1.82, 2.24) is 5.32 Å². The fourth-order valence-corrected chi connectivity index (χ4v) is 2.60. The maximum Gasteiger partial charge on any atom is 0.246 e. The third-order valence-electron chi connectivity index (χ3n) is 3.64. The molecule has 5 nitrogen and oxygen atoms in total. The molecule has 0 bridgehead atoms. The summed E-state index contributed by atoms with van der Waals surface area (Å²) < 4.78 is 10.4. The minimum Gasteiger partial charge on any atom is -0.497 e. The van der Waals surface area contributed by atoms with Crippen LogP contribution in [0.15, 0.2) is 24.3 Å². The van der Waals surface area contributed by atoms with Crippen molar-refractivity contribution >= 4 is 11.6 Å². The molecule has 0 spiro atoms. The Morgan fingerprint density at radius 3 is 3.10 bits per heavy atom. The first-order valence-electron chi connectivity index (χ1n) is 7.49. The maximum absolute atomic E-state index is 11.7. The predicted molar refractivity (Wildman–Crippen MR) is 82.9 cm³/mol. The van der Waals surface area contributed by atoms with Crippen LogP contribution in [-0.2, 0) is 9.53 Å². The van der Waals surface area contributed by atoms with Gasteiger partial charge in [0.05, 0.1) is 7.11 Å². The second-order valence-electron chi connectivity index (χ2n) is 5.19. The van der Waals surface area contributed by atoms with Gasteiger partial charge in [-0.1, -0.05) is 6.07 Å². The van der Waals surface area contributed by atoms with E-state index in [0.29, 0.717) is 6.61 Å². The third-order valence-corrected chi connectivity index (χ3v) is 3.64. The molecule has 5 heteroatoms. The van der Waals surface area contributed by atoms with Crippen LogP contribution in [0.5, 0.6) is 5.75 Å². The quantitative estimate of drug-likeness (QED) is 0.869. The van der Waals surface area contributed by atoms with Gasteiger partial charge in [-0.3, -0.25) is 4.79 Å². The summed E-state index contributed by atoms with van der Waals surface area (Å²) in [4.78, 5) is 14.0. The van der Waals surface area contributed by atoms with Crippen molar-refractivity contribution in [3.8, 4) is 5.75 Å². The number of hydrogen-bond donors (Lipinski definition) is 1. The van der Waals surface area contributed by atoms with Gasteiger partial charge in [-0.2, -0.15) is 0 Å². The lowest BCUT2D eigenvalue weighted by Crippen LogP contribution is -2.48. The van der Waals surface area contributed by atoms with Crippen LogP contribution < -0.4 is 15.0 Å². The molecule has 21 heavy (non-hydrogen) atoms. The van der Waals surface area contributed by atoms with Gasteiger partial charge in [0.1, 0.15) is 12.4 Å². The summed E-state index contributed by atoms with van der Waals surface area (Å²) in [6.07, 6.45) is 2.08. The van der Waals surface area contributed by atoms with Gasteiger partial charge in [-0.25, -0.2) is 0 Å². The molecule has 1 aliphatic rings. The van der Waals surface area contributed by atoms with Crippen LogP contribution in [0.25, 0.3) is 0 Å². The molecule has 1 atom stereocenters. The number of hydrogen-bond acceptors (Lipinski definition) is 4. The monoisotopic (exact) mass is 292 g/mol. The number of anilines is 1. The summed E-state index contributed by atoms with van der Waals surface area (Å²) in [6.45, 7) is 4.43. The van der Waals surface area contributed by atoms with Crippen LogP contribution >= 0.6 is 0 Å². The Balaban J connectivity index is 1.92. The molecule has 0 aliphatic carbocycles. The number of methoxy groups -OCH3 is 1. The van der Waals surface area contributed by atoms with Crippen LogP contribution in [0.3, 0.4) is 0 Å². The highest BCUT2D eigenvalue weighted by Crippen LogP contribution is 2.24. The summed E-state index contributed by atoms with van der Waals surface area (Å²) in [6, 6.07) is 8.22. The van der Waals surface area contributed by atoms with E-state index in [1.807, 2.05) is 25.1 Å². The van der Waals surface area contributed by atoms with Crippen molar-refractivity contribution in [1.29, 1.82) is 0 Å². The van der Waals surface area contributed by atoms with E-state index in [9.17, 15) is 4.79 Å². The van der Waals surface area contributed by atoms with E-state index in [-0.39, 0.29) is 18.6 Å². The number of piperidine rings is 1. The van der Waals surface area contributed by atoms with E-state index < -0.39 is 0 Å². The van der Waals surface area contributed by atoms with Crippen molar-refractivity contribution < 1.29 is 14.3 Å². The Kier molecular flexibility index (Phi) is 5.87. The van der Waals surface area contributed by atoms with Crippen LogP contribution in [-0.4, -0.2) is 45.4 Å². The largest absolute Gasteiger partial charge is 0.497 e. The lowest BCUT2D eigenvalue weighted by atomic mass is 10.0. The summed E-state index contributed by atoms with van der Waals surface area (Å²) >= 11 is 0. The maximum atomic E-state index is 11.7. The molecular weight excluding hydrogens is 268 g/mol. The molecule has 0 aromatic heterocycles. The lowest BCUT2D eigenvalue weighted by molar-refractivity contribution is -0.126. The van der Waals surface area contributed by atoms with Crippen molar-refractivity contribution in [2.75, 3.05) is 38.3 Å². The van der Waals surface area contributed by atoms with Gasteiger partial charge >= 0.3 is 0 Å². The van der Waals surface area contributed by atoms with E-state index >= 15 is 0 Å². The first kappa shape index (κ1) is 15.6. The van der Waals surface area contributed by atoms with E-state index in [2.05, 4.69) is 16.3 Å². The Morgan fingerprint density at radius 1 is 1.48 bits per heavy atom. The predicted octanol–water partition coefficient (Wildman–Crippen LogP) is 1.82. The number of carbonyl (C=O) groups excluding carboxylic acids is 1. The molecule has 1 heterocycles. The fraction of sp³-hybridized carbons (Fsp3) is 0.562. The Bertz CT molecular complexity index is 465. The van der Waals surface area contributed by atoms with Crippen LogP contribution in [0.2, 0.25) is 0 Å². The van der Waals surface area contributed by atoms with Gasteiger partial charge in [-0.15, -0.1) is 0 Å². The summed E-state index contributed by atoms with van der Waals surface area (Å²) in [5.41, 5.74) is 1.14. The van der Waals surface area contributed by atoms with Crippen molar-refractivity contribution in [2.45, 2.75) is 25.8 Å². The molecule has 0 unspecified atom stereocenters. The van der Waals surface area contributed by atoms with Gasteiger partial charge in [0.15, 0.2) is 0 Å². The van der Waals surface area contributed by atoms with E-state index in [1.165, 1.54) is 0 Å². The number of benzene rings is 1. The third kappa shape index (κ3) is 4.63. The Labute approximate surface area is 126 Å². The highest BCUT2D eigenvalue weighted by atomic mass is 16.5. The molecule has 1 fully saturated rings. The number of ether oxygens (including phenoxy) is 2. The molecule has 1 aliphatic heterocycles. The van der Waals surface area contributed by atoms with Gasteiger partial charge in [0.2, 0.25) is 5.91 Å². The molecule has 1 N–H and O–H groups in total. The molecule has 1 aromatic carbocycles. The highest BCUT2D eigenvalue weighted by Gasteiger charge is 2.21. The topological polar surface area (TPSA) is 50.8 Å². The molecule has 1 saturated heterocycles. The number of amides is 1. The Hall–Kier alpha value is -1.75.